The number of rotatable bonds is 6. The van der Waals surface area contributed by atoms with Crippen LogP contribution in [-0.4, -0.2) is 57.7 Å². The van der Waals surface area contributed by atoms with Crippen molar-refractivity contribution in [1.29, 1.82) is 0 Å². The van der Waals surface area contributed by atoms with Gasteiger partial charge in [0.2, 0.25) is 5.91 Å². The van der Waals surface area contributed by atoms with Gasteiger partial charge in [0.25, 0.3) is 0 Å². The van der Waals surface area contributed by atoms with E-state index in [1.807, 2.05) is 20.8 Å². The van der Waals surface area contributed by atoms with Crippen molar-refractivity contribution in [2.75, 3.05) is 12.3 Å². The van der Waals surface area contributed by atoms with Crippen molar-refractivity contribution in [3.05, 3.63) is 0 Å². The zero-order valence-electron chi connectivity index (χ0n) is 12.6. The van der Waals surface area contributed by atoms with Gasteiger partial charge in [-0.05, 0) is 20.3 Å². The highest BCUT2D eigenvalue weighted by Crippen LogP contribution is 2.31. The van der Waals surface area contributed by atoms with E-state index >= 15 is 0 Å². The number of aliphatic carboxylic acids is 1. The van der Waals surface area contributed by atoms with Crippen LogP contribution >= 0.6 is 11.8 Å². The summed E-state index contributed by atoms with van der Waals surface area (Å²) in [6.45, 7) is 5.84. The molecule has 0 aromatic rings. The number of nitrogens with one attached hydrogen (secondary N) is 2. The van der Waals surface area contributed by atoms with E-state index in [1.54, 1.807) is 0 Å². The first-order chi connectivity index (χ1) is 9.86. The molecule has 1 heterocycles. The Bertz CT molecular complexity index is 403. The molecule has 1 aliphatic heterocycles. The van der Waals surface area contributed by atoms with Gasteiger partial charge in [0.15, 0.2) is 0 Å². The molecule has 0 aromatic carbocycles. The second kappa shape index (κ2) is 8.11. The van der Waals surface area contributed by atoms with Crippen LogP contribution in [0.25, 0.3) is 0 Å². The number of hydrogen-bond acceptors (Lipinski definition) is 4. The molecule has 2 unspecified atom stereocenters. The molecule has 3 amide bonds. The molecule has 0 radical (unpaired) electrons. The predicted molar refractivity (Wildman–Crippen MR) is 81.1 cm³/mol. The Morgan fingerprint density at radius 1 is 1.38 bits per heavy atom. The molecule has 2 atom stereocenters. The van der Waals surface area contributed by atoms with Gasteiger partial charge in [-0.15, -0.1) is 11.8 Å². The summed E-state index contributed by atoms with van der Waals surface area (Å²) in [6, 6.07) is -1.16. The monoisotopic (exact) mass is 317 g/mol. The van der Waals surface area contributed by atoms with E-state index in [4.69, 9.17) is 5.11 Å². The van der Waals surface area contributed by atoms with Crippen LogP contribution in [0, 0.1) is 0 Å². The van der Waals surface area contributed by atoms with Crippen LogP contribution in [0.2, 0.25) is 0 Å². The van der Waals surface area contributed by atoms with Gasteiger partial charge < -0.3 is 15.7 Å². The van der Waals surface area contributed by atoms with Gasteiger partial charge in [-0.1, -0.05) is 6.92 Å². The maximum atomic E-state index is 12.1. The number of amides is 3. The number of carbonyl (C=O) groups is 3. The number of carboxylic acid groups (broad SMARTS) is 1. The van der Waals surface area contributed by atoms with Crippen LogP contribution in [0.1, 0.15) is 33.6 Å². The molecule has 0 bridgehead atoms. The summed E-state index contributed by atoms with van der Waals surface area (Å²) in [6.07, 6.45) is 0.870. The highest BCUT2D eigenvalue weighted by molar-refractivity contribution is 8.00. The molecule has 8 heteroatoms. The minimum atomic E-state index is -0.994. The van der Waals surface area contributed by atoms with E-state index in [-0.39, 0.29) is 30.3 Å². The van der Waals surface area contributed by atoms with E-state index in [9.17, 15) is 14.4 Å². The van der Waals surface area contributed by atoms with Crippen LogP contribution in [0.5, 0.6) is 0 Å². The van der Waals surface area contributed by atoms with E-state index < -0.39 is 18.0 Å². The molecule has 1 fully saturated rings. The molecular weight excluding hydrogens is 294 g/mol. The van der Waals surface area contributed by atoms with Crippen molar-refractivity contribution >= 4 is 29.7 Å². The second-order valence-corrected chi connectivity index (χ2v) is 6.37. The molecule has 0 spiro atoms. The number of carboxylic acids is 1. The summed E-state index contributed by atoms with van der Waals surface area (Å²) in [4.78, 5) is 36.2. The zero-order valence-corrected chi connectivity index (χ0v) is 13.4. The lowest BCUT2D eigenvalue weighted by molar-refractivity contribution is -0.141. The molecular formula is C13H23N3O4S. The SMILES string of the molecule is CCC1SCC(C(=O)O)N1C(=O)NCCC(=O)NC(C)C. The van der Waals surface area contributed by atoms with E-state index in [0.717, 1.165) is 0 Å². The molecule has 0 aromatic heterocycles. The Hall–Kier alpha value is -1.44. The first-order valence-electron chi connectivity index (χ1n) is 7.06. The normalized spacial score (nSPS) is 21.4. The summed E-state index contributed by atoms with van der Waals surface area (Å²) in [5.41, 5.74) is 0. The van der Waals surface area contributed by atoms with Crippen molar-refractivity contribution in [2.45, 2.75) is 51.1 Å². The highest BCUT2D eigenvalue weighted by atomic mass is 32.2. The average molecular weight is 317 g/mol. The molecule has 1 saturated heterocycles. The van der Waals surface area contributed by atoms with Gasteiger partial charge in [-0.2, -0.15) is 0 Å². The minimum absolute atomic E-state index is 0.0593. The van der Waals surface area contributed by atoms with Gasteiger partial charge in [0.05, 0.1) is 5.37 Å². The lowest BCUT2D eigenvalue weighted by atomic mass is 10.2. The van der Waals surface area contributed by atoms with Crippen LogP contribution in [-0.2, 0) is 9.59 Å². The summed E-state index contributed by atoms with van der Waals surface area (Å²) in [5.74, 6) is -0.733. The Morgan fingerprint density at radius 3 is 2.57 bits per heavy atom. The molecule has 7 nitrogen and oxygen atoms in total. The number of carbonyl (C=O) groups excluding carboxylic acids is 2. The maximum absolute atomic E-state index is 12.1. The third-order valence-electron chi connectivity index (χ3n) is 3.04. The first kappa shape index (κ1) is 17.6. The van der Waals surface area contributed by atoms with Crippen molar-refractivity contribution in [3.63, 3.8) is 0 Å². The van der Waals surface area contributed by atoms with E-state index in [0.29, 0.717) is 12.2 Å². The zero-order chi connectivity index (χ0) is 16.0. The van der Waals surface area contributed by atoms with Crippen LogP contribution in [0.4, 0.5) is 4.79 Å². The number of urea groups is 1. The molecule has 1 rings (SSSR count). The molecule has 120 valence electrons. The van der Waals surface area contributed by atoms with Crippen molar-refractivity contribution in [1.82, 2.24) is 15.5 Å². The van der Waals surface area contributed by atoms with Crippen LogP contribution < -0.4 is 10.6 Å². The molecule has 0 aliphatic carbocycles. The van der Waals surface area contributed by atoms with Crippen LogP contribution in [0.3, 0.4) is 0 Å². The molecule has 21 heavy (non-hydrogen) atoms. The van der Waals surface area contributed by atoms with Gasteiger partial charge in [-0.25, -0.2) is 9.59 Å². The molecule has 1 aliphatic rings. The Morgan fingerprint density at radius 2 is 2.05 bits per heavy atom. The summed E-state index contributed by atoms with van der Waals surface area (Å²) < 4.78 is 0. The fraction of sp³-hybridized carbons (Fsp3) is 0.769. The standard InChI is InChI=1S/C13H23N3O4S/c1-4-11-16(9(7-21-11)12(18)19)13(20)14-6-5-10(17)15-8(2)3/h8-9,11H,4-7H2,1-3H3,(H,14,20)(H,15,17)(H,18,19). The second-order valence-electron chi connectivity index (χ2n) is 5.16. The van der Waals surface area contributed by atoms with E-state index in [1.165, 1.54) is 16.7 Å². The largest absolute Gasteiger partial charge is 0.480 e. The average Bonchev–Trinajstić information content (AvgIpc) is 2.81. The van der Waals surface area contributed by atoms with Gasteiger partial charge >= 0.3 is 12.0 Å². The topological polar surface area (TPSA) is 98.7 Å². The predicted octanol–water partition coefficient (Wildman–Crippen LogP) is 0.849. The Labute approximate surface area is 128 Å². The van der Waals surface area contributed by atoms with Crippen molar-refractivity contribution in [2.24, 2.45) is 0 Å². The van der Waals surface area contributed by atoms with Crippen molar-refractivity contribution < 1.29 is 19.5 Å². The third-order valence-corrected chi connectivity index (χ3v) is 4.49. The van der Waals surface area contributed by atoms with Gasteiger partial charge in [0.1, 0.15) is 6.04 Å². The lowest BCUT2D eigenvalue weighted by Crippen LogP contribution is -2.50. The highest BCUT2D eigenvalue weighted by Gasteiger charge is 2.40. The Kier molecular flexibility index (Phi) is 6.80. The summed E-state index contributed by atoms with van der Waals surface area (Å²) in [5, 5.41) is 14.4. The lowest BCUT2D eigenvalue weighted by Gasteiger charge is -2.26. The summed E-state index contributed by atoms with van der Waals surface area (Å²) in [7, 11) is 0. The first-order valence-corrected chi connectivity index (χ1v) is 8.11. The van der Waals surface area contributed by atoms with Crippen molar-refractivity contribution in [3.8, 4) is 0 Å². The molecule has 0 saturated carbocycles. The smallest absolute Gasteiger partial charge is 0.327 e. The van der Waals surface area contributed by atoms with Gasteiger partial charge in [0, 0.05) is 24.8 Å². The quantitative estimate of drug-likeness (QED) is 0.674. The Balaban J connectivity index is 2.49. The minimum Gasteiger partial charge on any atom is -0.480 e. The molecule has 3 N–H and O–H groups in total. The maximum Gasteiger partial charge on any atom is 0.327 e. The third kappa shape index (κ3) is 5.11. The van der Waals surface area contributed by atoms with E-state index in [2.05, 4.69) is 10.6 Å². The number of nitrogens with zero attached hydrogens (tertiary/aromatic N) is 1. The van der Waals surface area contributed by atoms with Crippen LogP contribution in [0.15, 0.2) is 0 Å². The summed E-state index contributed by atoms with van der Waals surface area (Å²) >= 11 is 1.47. The van der Waals surface area contributed by atoms with Gasteiger partial charge in [-0.3, -0.25) is 9.69 Å². The fourth-order valence-electron chi connectivity index (χ4n) is 2.11. The number of thioether (sulfide) groups is 1. The number of hydrogen-bond donors (Lipinski definition) is 3. The fourth-order valence-corrected chi connectivity index (χ4v) is 3.46.